The van der Waals surface area contributed by atoms with Crippen LogP contribution in [-0.2, 0) is 6.42 Å². The molecule has 0 aliphatic rings. The molecule has 2 nitrogen and oxygen atoms in total. The summed E-state index contributed by atoms with van der Waals surface area (Å²) in [5.41, 5.74) is 9.37. The van der Waals surface area contributed by atoms with Crippen LogP contribution in [0.25, 0.3) is 10.9 Å². The summed E-state index contributed by atoms with van der Waals surface area (Å²) in [6.07, 6.45) is 0.908. The summed E-state index contributed by atoms with van der Waals surface area (Å²) < 4.78 is 1.06. The summed E-state index contributed by atoms with van der Waals surface area (Å²) in [4.78, 5) is 3.31. The monoisotopic (exact) mass is 252 g/mol. The molecule has 0 unspecified atom stereocenters. The lowest BCUT2D eigenvalue weighted by Gasteiger charge is -2.00. The second-order valence-electron chi connectivity index (χ2n) is 3.45. The maximum atomic E-state index is 5.59. The predicted molar refractivity (Wildman–Crippen MR) is 63.5 cm³/mol. The fourth-order valence-electron chi connectivity index (χ4n) is 1.85. The summed E-state index contributed by atoms with van der Waals surface area (Å²) in [6, 6.07) is 6.28. The molecule has 0 fully saturated rings. The number of H-pyrrole nitrogens is 1. The molecule has 0 bridgehead atoms. The molecule has 0 saturated heterocycles. The van der Waals surface area contributed by atoms with Crippen molar-refractivity contribution in [3.8, 4) is 0 Å². The Balaban J connectivity index is 2.73. The van der Waals surface area contributed by atoms with Crippen LogP contribution in [0.5, 0.6) is 0 Å². The minimum atomic E-state index is 0.680. The third kappa shape index (κ3) is 1.47. The second kappa shape index (κ2) is 3.75. The maximum Gasteiger partial charge on any atom is 0.0864 e. The predicted octanol–water partition coefficient (Wildman–Crippen LogP) is 2.74. The lowest BCUT2D eigenvalue weighted by molar-refractivity contribution is 0.969. The van der Waals surface area contributed by atoms with Gasteiger partial charge in [0, 0.05) is 10.9 Å². The van der Waals surface area contributed by atoms with E-state index in [9.17, 15) is 0 Å². The number of benzene rings is 1. The highest BCUT2D eigenvalue weighted by Gasteiger charge is 2.09. The molecule has 2 aromatic rings. The van der Waals surface area contributed by atoms with Crippen molar-refractivity contribution in [1.82, 2.24) is 4.98 Å². The van der Waals surface area contributed by atoms with Crippen molar-refractivity contribution in [3.63, 3.8) is 0 Å². The van der Waals surface area contributed by atoms with Crippen LogP contribution in [-0.4, -0.2) is 11.5 Å². The van der Waals surface area contributed by atoms with E-state index < -0.39 is 0 Å². The lowest BCUT2D eigenvalue weighted by Crippen LogP contribution is -2.02. The highest BCUT2D eigenvalue weighted by atomic mass is 79.9. The van der Waals surface area contributed by atoms with E-state index in [4.69, 9.17) is 5.73 Å². The first kappa shape index (κ1) is 9.74. The van der Waals surface area contributed by atoms with Gasteiger partial charge in [-0.15, -0.1) is 0 Å². The van der Waals surface area contributed by atoms with Crippen molar-refractivity contribution in [2.75, 3.05) is 6.54 Å². The Bertz CT molecular complexity index is 460. The van der Waals surface area contributed by atoms with E-state index in [2.05, 4.69) is 46.0 Å². The Labute approximate surface area is 91.6 Å². The van der Waals surface area contributed by atoms with Crippen LogP contribution in [0.15, 0.2) is 22.8 Å². The molecule has 0 aliphatic heterocycles. The Morgan fingerprint density at radius 2 is 2.21 bits per heavy atom. The van der Waals surface area contributed by atoms with Gasteiger partial charge in [-0.3, -0.25) is 0 Å². The summed E-state index contributed by atoms with van der Waals surface area (Å²) in [6.45, 7) is 2.81. The molecule has 1 aromatic carbocycles. The zero-order chi connectivity index (χ0) is 10.1. The van der Waals surface area contributed by atoms with Crippen molar-refractivity contribution in [3.05, 3.63) is 33.9 Å². The zero-order valence-electron chi connectivity index (χ0n) is 8.10. The van der Waals surface area contributed by atoms with Crippen LogP contribution in [0, 0.1) is 6.92 Å². The molecule has 2 rings (SSSR count). The Morgan fingerprint density at radius 1 is 1.43 bits per heavy atom. The fraction of sp³-hybridized carbons (Fsp3) is 0.273. The van der Waals surface area contributed by atoms with Gasteiger partial charge in [0.05, 0.1) is 4.60 Å². The number of fused-ring (bicyclic) bond motifs is 1. The maximum absolute atomic E-state index is 5.59. The summed E-state index contributed by atoms with van der Waals surface area (Å²) >= 11 is 3.53. The van der Waals surface area contributed by atoms with Crippen LogP contribution in [0.4, 0.5) is 0 Å². The van der Waals surface area contributed by atoms with Crippen LogP contribution in [0.3, 0.4) is 0 Å². The minimum Gasteiger partial charge on any atom is -0.349 e. The molecule has 1 aromatic heterocycles. The zero-order valence-corrected chi connectivity index (χ0v) is 9.69. The first-order chi connectivity index (χ1) is 6.74. The number of nitrogens with one attached hydrogen (secondary N) is 1. The van der Waals surface area contributed by atoms with Crippen LogP contribution < -0.4 is 5.73 Å². The topological polar surface area (TPSA) is 41.8 Å². The number of rotatable bonds is 2. The highest BCUT2D eigenvalue weighted by molar-refractivity contribution is 9.10. The average molecular weight is 253 g/mol. The molecule has 0 radical (unpaired) electrons. The molecule has 0 aliphatic carbocycles. The number of aromatic amines is 1. The van der Waals surface area contributed by atoms with E-state index in [1.54, 1.807) is 0 Å². The number of hydrogen-bond donors (Lipinski definition) is 2. The highest BCUT2D eigenvalue weighted by Crippen LogP contribution is 2.29. The van der Waals surface area contributed by atoms with Gasteiger partial charge in [-0.05, 0) is 53.0 Å². The molecule has 0 saturated carbocycles. The van der Waals surface area contributed by atoms with Gasteiger partial charge >= 0.3 is 0 Å². The number of halogens is 1. The van der Waals surface area contributed by atoms with Crippen molar-refractivity contribution in [2.45, 2.75) is 13.3 Å². The number of nitrogens with two attached hydrogens (primary N) is 1. The average Bonchev–Trinajstić information content (AvgIpc) is 2.45. The van der Waals surface area contributed by atoms with Gasteiger partial charge in [-0.2, -0.15) is 0 Å². The molecule has 0 spiro atoms. The van der Waals surface area contributed by atoms with E-state index >= 15 is 0 Å². The number of hydrogen-bond acceptors (Lipinski definition) is 1. The molecule has 14 heavy (non-hydrogen) atoms. The summed E-state index contributed by atoms with van der Waals surface area (Å²) in [5, 5.41) is 1.31. The summed E-state index contributed by atoms with van der Waals surface area (Å²) in [7, 11) is 0. The van der Waals surface area contributed by atoms with Crippen LogP contribution >= 0.6 is 15.9 Å². The van der Waals surface area contributed by atoms with E-state index in [1.165, 1.54) is 22.0 Å². The van der Waals surface area contributed by atoms with E-state index in [1.807, 2.05) is 0 Å². The van der Waals surface area contributed by atoms with Crippen molar-refractivity contribution >= 4 is 26.8 Å². The minimum absolute atomic E-state index is 0.680. The van der Waals surface area contributed by atoms with E-state index in [0.29, 0.717) is 6.54 Å². The van der Waals surface area contributed by atoms with Gasteiger partial charge in [0.25, 0.3) is 0 Å². The Hall–Kier alpha value is -0.800. The standard InChI is InChI=1S/C11H13BrN2/c1-7-3-2-4-9-10(7)8(5-6-13)11(12)14-9/h2-4,14H,5-6,13H2,1H3. The quantitative estimate of drug-likeness (QED) is 0.848. The van der Waals surface area contributed by atoms with Crippen molar-refractivity contribution < 1.29 is 0 Å². The molecule has 0 atom stereocenters. The van der Waals surface area contributed by atoms with Gasteiger partial charge in [-0.1, -0.05) is 12.1 Å². The Kier molecular flexibility index (Phi) is 2.61. The van der Waals surface area contributed by atoms with Crippen LogP contribution in [0.2, 0.25) is 0 Å². The van der Waals surface area contributed by atoms with Gasteiger partial charge in [0.15, 0.2) is 0 Å². The van der Waals surface area contributed by atoms with Gasteiger partial charge in [0.2, 0.25) is 0 Å². The van der Waals surface area contributed by atoms with Gasteiger partial charge in [-0.25, -0.2) is 0 Å². The molecule has 1 heterocycles. The van der Waals surface area contributed by atoms with Gasteiger partial charge < -0.3 is 10.7 Å². The molecule has 0 amide bonds. The Morgan fingerprint density at radius 3 is 2.93 bits per heavy atom. The molecule has 3 N–H and O–H groups in total. The molecular formula is C11H13BrN2. The number of aryl methyl sites for hydroxylation is 1. The summed E-state index contributed by atoms with van der Waals surface area (Å²) in [5.74, 6) is 0. The third-order valence-corrected chi connectivity index (χ3v) is 3.16. The third-order valence-electron chi connectivity index (χ3n) is 2.48. The molecule has 3 heteroatoms. The second-order valence-corrected chi connectivity index (χ2v) is 4.25. The normalized spacial score (nSPS) is 11.1. The number of aromatic nitrogens is 1. The SMILES string of the molecule is Cc1cccc2[nH]c(Br)c(CCN)c12. The molecular weight excluding hydrogens is 240 g/mol. The first-order valence-corrected chi connectivity index (χ1v) is 5.49. The smallest absolute Gasteiger partial charge is 0.0864 e. The van der Waals surface area contributed by atoms with E-state index in [-0.39, 0.29) is 0 Å². The van der Waals surface area contributed by atoms with Crippen LogP contribution in [0.1, 0.15) is 11.1 Å². The van der Waals surface area contributed by atoms with E-state index in [0.717, 1.165) is 11.0 Å². The van der Waals surface area contributed by atoms with Crippen molar-refractivity contribution in [2.24, 2.45) is 5.73 Å². The first-order valence-electron chi connectivity index (χ1n) is 4.69. The molecule has 74 valence electrons. The lowest BCUT2D eigenvalue weighted by atomic mass is 10.1. The van der Waals surface area contributed by atoms with Crippen molar-refractivity contribution in [1.29, 1.82) is 0 Å². The largest absolute Gasteiger partial charge is 0.349 e. The fourth-order valence-corrected chi connectivity index (χ4v) is 2.47. The van der Waals surface area contributed by atoms with Gasteiger partial charge in [0.1, 0.15) is 0 Å².